The van der Waals surface area contributed by atoms with Crippen LogP contribution in [-0.2, 0) is 0 Å². The van der Waals surface area contributed by atoms with Gasteiger partial charge < -0.3 is 5.32 Å². The van der Waals surface area contributed by atoms with Crippen molar-refractivity contribution in [1.82, 2.24) is 30.4 Å². The van der Waals surface area contributed by atoms with Crippen molar-refractivity contribution in [3.05, 3.63) is 84.1 Å². The molecule has 3 heterocycles. The first kappa shape index (κ1) is 19.2. The standard InChI is InChI=1S/C18H10Cl2N8O3/c19-9-3-6-11(12(20)7-9)16-13-14(8-1-4-10(5-2-8)28(30)31)22-23-17(29)15(13)21-18-24-25-26-27(16)18/h1-7,16H,(H,23,29)(H,21,24,26)/t16-/m0/s1. The minimum atomic E-state index is -0.703. The molecule has 13 heteroatoms. The van der Waals surface area contributed by atoms with Crippen LogP contribution in [0, 0.1) is 10.1 Å². The number of benzene rings is 2. The number of fused-ring (bicyclic) bond motifs is 2. The summed E-state index contributed by atoms with van der Waals surface area (Å²) in [6.45, 7) is 0. The molecule has 0 saturated carbocycles. The first-order chi connectivity index (χ1) is 14.9. The van der Waals surface area contributed by atoms with Crippen molar-refractivity contribution < 1.29 is 4.92 Å². The Balaban J connectivity index is 1.79. The topological polar surface area (TPSA) is 145 Å². The van der Waals surface area contributed by atoms with E-state index in [2.05, 4.69) is 31.0 Å². The van der Waals surface area contributed by atoms with Gasteiger partial charge in [-0.2, -0.15) is 9.78 Å². The van der Waals surface area contributed by atoms with Crippen molar-refractivity contribution in [2.75, 3.05) is 5.32 Å². The Morgan fingerprint density at radius 2 is 1.90 bits per heavy atom. The van der Waals surface area contributed by atoms with E-state index >= 15 is 0 Å². The van der Waals surface area contributed by atoms with E-state index in [0.717, 1.165) is 0 Å². The van der Waals surface area contributed by atoms with Crippen LogP contribution < -0.4 is 10.9 Å². The summed E-state index contributed by atoms with van der Waals surface area (Å²) >= 11 is 12.6. The van der Waals surface area contributed by atoms with Crippen LogP contribution >= 0.6 is 23.2 Å². The largest absolute Gasteiger partial charge is 0.318 e. The second kappa shape index (κ2) is 7.15. The summed E-state index contributed by atoms with van der Waals surface area (Å²) < 4.78 is 1.48. The zero-order valence-electron chi connectivity index (χ0n) is 15.3. The Hall–Kier alpha value is -3.83. The molecule has 5 rings (SSSR count). The van der Waals surface area contributed by atoms with Crippen LogP contribution in [0.5, 0.6) is 0 Å². The fraction of sp³-hybridized carbons (Fsp3) is 0.0556. The molecule has 0 saturated heterocycles. The molecule has 0 unspecified atom stereocenters. The Morgan fingerprint density at radius 1 is 1.13 bits per heavy atom. The summed E-state index contributed by atoms with van der Waals surface area (Å²) in [5.74, 6) is 0.245. The molecule has 1 aliphatic rings. The number of non-ortho nitro benzene ring substituents is 1. The minimum absolute atomic E-state index is 0.0692. The van der Waals surface area contributed by atoms with E-state index in [0.29, 0.717) is 32.4 Å². The maximum atomic E-state index is 12.6. The van der Waals surface area contributed by atoms with E-state index in [1.165, 1.54) is 16.8 Å². The Bertz CT molecular complexity index is 1400. The van der Waals surface area contributed by atoms with Gasteiger partial charge in [0.1, 0.15) is 11.7 Å². The van der Waals surface area contributed by atoms with Crippen molar-refractivity contribution in [3.8, 4) is 11.3 Å². The fourth-order valence-corrected chi connectivity index (χ4v) is 4.02. The summed E-state index contributed by atoms with van der Waals surface area (Å²) in [5.41, 5.74) is 1.63. The van der Waals surface area contributed by atoms with Gasteiger partial charge in [-0.25, -0.2) is 5.10 Å². The van der Waals surface area contributed by atoms with Crippen LogP contribution in [0.1, 0.15) is 17.2 Å². The van der Waals surface area contributed by atoms with E-state index in [4.69, 9.17) is 23.2 Å². The molecule has 2 N–H and O–H groups in total. The molecule has 1 atom stereocenters. The average molecular weight is 457 g/mol. The number of nitro benzene ring substituents is 1. The van der Waals surface area contributed by atoms with Gasteiger partial charge in [0.25, 0.3) is 11.2 Å². The van der Waals surface area contributed by atoms with Crippen LogP contribution in [0.15, 0.2) is 47.3 Å². The van der Waals surface area contributed by atoms with Crippen LogP contribution in [0.25, 0.3) is 11.3 Å². The van der Waals surface area contributed by atoms with Gasteiger partial charge in [0.15, 0.2) is 0 Å². The predicted molar refractivity (Wildman–Crippen MR) is 112 cm³/mol. The molecular formula is C18H10Cl2N8O3. The second-order valence-electron chi connectivity index (χ2n) is 6.63. The highest BCUT2D eigenvalue weighted by Crippen LogP contribution is 2.43. The van der Waals surface area contributed by atoms with Gasteiger partial charge >= 0.3 is 0 Å². The lowest BCUT2D eigenvalue weighted by Gasteiger charge is -2.28. The molecule has 0 radical (unpaired) electrons. The second-order valence-corrected chi connectivity index (χ2v) is 7.48. The Morgan fingerprint density at radius 3 is 2.61 bits per heavy atom. The van der Waals surface area contributed by atoms with E-state index in [1.54, 1.807) is 30.3 Å². The number of aromatic amines is 1. The molecule has 2 aromatic heterocycles. The highest BCUT2D eigenvalue weighted by atomic mass is 35.5. The van der Waals surface area contributed by atoms with Gasteiger partial charge in [-0.1, -0.05) is 34.4 Å². The summed E-state index contributed by atoms with van der Waals surface area (Å²) in [6.07, 6.45) is 0. The van der Waals surface area contributed by atoms with E-state index < -0.39 is 16.5 Å². The number of H-pyrrole nitrogens is 1. The van der Waals surface area contributed by atoms with Gasteiger partial charge in [0, 0.05) is 38.9 Å². The summed E-state index contributed by atoms with van der Waals surface area (Å²) in [4.78, 5) is 23.2. The molecule has 31 heavy (non-hydrogen) atoms. The quantitative estimate of drug-likeness (QED) is 0.310. The highest BCUT2D eigenvalue weighted by molar-refractivity contribution is 6.35. The maximum Gasteiger partial charge on any atom is 0.288 e. The number of halogens is 2. The van der Waals surface area contributed by atoms with Crippen molar-refractivity contribution in [1.29, 1.82) is 0 Å². The fourth-order valence-electron chi connectivity index (χ4n) is 3.51. The number of nitrogens with one attached hydrogen (secondary N) is 2. The molecule has 0 bridgehead atoms. The Labute approximate surface area is 182 Å². The number of hydrogen-bond acceptors (Lipinski definition) is 8. The van der Waals surface area contributed by atoms with E-state index in [-0.39, 0.29) is 17.3 Å². The number of rotatable bonds is 3. The number of anilines is 2. The van der Waals surface area contributed by atoms with Crippen LogP contribution in [0.4, 0.5) is 17.3 Å². The lowest BCUT2D eigenvalue weighted by molar-refractivity contribution is -0.384. The number of tetrazole rings is 1. The maximum absolute atomic E-state index is 12.6. The van der Waals surface area contributed by atoms with Crippen molar-refractivity contribution in [3.63, 3.8) is 0 Å². The lowest BCUT2D eigenvalue weighted by atomic mass is 9.92. The zero-order chi connectivity index (χ0) is 21.7. The first-order valence-electron chi connectivity index (χ1n) is 8.81. The van der Waals surface area contributed by atoms with Crippen molar-refractivity contribution in [2.45, 2.75) is 6.04 Å². The normalized spacial score (nSPS) is 14.5. The van der Waals surface area contributed by atoms with E-state index in [1.807, 2.05) is 0 Å². The smallest absolute Gasteiger partial charge is 0.288 e. The number of nitro groups is 1. The van der Waals surface area contributed by atoms with Gasteiger partial charge in [-0.05, 0) is 34.7 Å². The molecule has 4 aromatic rings. The molecular weight excluding hydrogens is 447 g/mol. The summed E-state index contributed by atoms with van der Waals surface area (Å²) in [6, 6.07) is 10.1. The monoisotopic (exact) mass is 456 g/mol. The molecule has 0 amide bonds. The van der Waals surface area contributed by atoms with Crippen LogP contribution in [0.3, 0.4) is 0 Å². The Kier molecular flexibility index (Phi) is 4.41. The van der Waals surface area contributed by atoms with Crippen molar-refractivity contribution in [2.24, 2.45) is 0 Å². The third kappa shape index (κ3) is 3.10. The van der Waals surface area contributed by atoms with Gasteiger partial charge in [-0.3, -0.25) is 14.9 Å². The summed E-state index contributed by atoms with van der Waals surface area (Å²) in [7, 11) is 0. The lowest BCUT2D eigenvalue weighted by Crippen LogP contribution is -2.29. The average Bonchev–Trinajstić information content (AvgIpc) is 3.22. The van der Waals surface area contributed by atoms with Gasteiger partial charge in [-0.15, -0.1) is 0 Å². The molecule has 11 nitrogen and oxygen atoms in total. The highest BCUT2D eigenvalue weighted by Gasteiger charge is 2.35. The molecule has 0 aliphatic carbocycles. The molecule has 2 aromatic carbocycles. The summed E-state index contributed by atoms with van der Waals surface area (Å²) in [5, 5.41) is 33.1. The predicted octanol–water partition coefficient (Wildman–Crippen LogP) is 3.33. The van der Waals surface area contributed by atoms with Crippen molar-refractivity contribution >= 4 is 40.5 Å². The SMILES string of the molecule is O=c1[nH]nc(-c2ccc([N+](=O)[O-])cc2)c2c1Nc1nnnn1[C@H]2c1ccc(Cl)cc1Cl. The number of aromatic nitrogens is 6. The zero-order valence-corrected chi connectivity index (χ0v) is 16.8. The van der Waals surface area contributed by atoms with Gasteiger partial charge in [0.05, 0.1) is 10.6 Å². The minimum Gasteiger partial charge on any atom is -0.318 e. The van der Waals surface area contributed by atoms with Gasteiger partial charge in [0.2, 0.25) is 5.95 Å². The molecule has 1 aliphatic heterocycles. The van der Waals surface area contributed by atoms with Crippen LogP contribution in [-0.4, -0.2) is 35.3 Å². The molecule has 0 spiro atoms. The third-order valence-electron chi connectivity index (χ3n) is 4.88. The molecule has 154 valence electrons. The third-order valence-corrected chi connectivity index (χ3v) is 5.44. The first-order valence-corrected chi connectivity index (χ1v) is 9.57. The van der Waals surface area contributed by atoms with Crippen LogP contribution in [0.2, 0.25) is 10.0 Å². The molecule has 0 fully saturated rings. The number of hydrogen-bond donors (Lipinski definition) is 2. The number of nitrogens with zero attached hydrogens (tertiary/aromatic N) is 6. The van der Waals surface area contributed by atoms with E-state index in [9.17, 15) is 14.9 Å².